The Morgan fingerprint density at radius 1 is 1.20 bits per heavy atom. The number of ether oxygens (including phenoxy) is 1. The van der Waals surface area contributed by atoms with Crippen molar-refractivity contribution in [2.75, 3.05) is 6.61 Å². The molecule has 4 aliphatic carbocycles. The van der Waals surface area contributed by atoms with Crippen LogP contribution >= 0.6 is 0 Å². The first kappa shape index (κ1) is 21.5. The molecule has 0 aromatic carbocycles. The van der Waals surface area contributed by atoms with E-state index in [9.17, 15) is 19.5 Å². The highest BCUT2D eigenvalue weighted by Gasteiger charge is 2.70. The summed E-state index contributed by atoms with van der Waals surface area (Å²) < 4.78 is 5.06. The Labute approximate surface area is 178 Å². The molecule has 3 saturated carbocycles. The van der Waals surface area contributed by atoms with E-state index in [1.165, 1.54) is 6.92 Å². The van der Waals surface area contributed by atoms with Crippen LogP contribution in [0.1, 0.15) is 66.7 Å². The third-order valence-electron chi connectivity index (χ3n) is 9.69. The van der Waals surface area contributed by atoms with Crippen LogP contribution in [-0.4, -0.2) is 35.4 Å². The maximum absolute atomic E-state index is 13.2. The number of esters is 1. The molecule has 0 amide bonds. The molecular weight excluding hydrogens is 380 g/mol. The summed E-state index contributed by atoms with van der Waals surface area (Å²) in [4.78, 5) is 36.5. The number of hydrogen-bond acceptors (Lipinski definition) is 5. The second-order valence-corrected chi connectivity index (χ2v) is 11.0. The average Bonchev–Trinajstić information content (AvgIpc) is 2.92. The molecule has 4 rings (SSSR count). The Bertz CT molecular complexity index is 871. The molecule has 0 bridgehead atoms. The molecule has 0 heterocycles. The van der Waals surface area contributed by atoms with Crippen LogP contribution in [0.5, 0.6) is 0 Å². The number of allylic oxidation sites excluding steroid dienone is 4. The number of fused-ring (bicyclic) bond motifs is 5. The molecular formula is C25H34O5. The maximum Gasteiger partial charge on any atom is 0.303 e. The van der Waals surface area contributed by atoms with Crippen molar-refractivity contribution in [1.29, 1.82) is 0 Å². The van der Waals surface area contributed by atoms with Crippen LogP contribution in [0.3, 0.4) is 0 Å². The Kier molecular flexibility index (Phi) is 4.74. The van der Waals surface area contributed by atoms with Crippen LogP contribution in [0.4, 0.5) is 0 Å². The first-order valence-corrected chi connectivity index (χ1v) is 11.2. The van der Waals surface area contributed by atoms with Gasteiger partial charge >= 0.3 is 5.97 Å². The van der Waals surface area contributed by atoms with Gasteiger partial charge in [-0.25, -0.2) is 0 Å². The van der Waals surface area contributed by atoms with E-state index in [1.54, 1.807) is 12.2 Å². The van der Waals surface area contributed by atoms with Crippen LogP contribution in [0.15, 0.2) is 23.8 Å². The van der Waals surface area contributed by atoms with Gasteiger partial charge in [-0.05, 0) is 61.0 Å². The predicted molar refractivity (Wildman–Crippen MR) is 112 cm³/mol. The van der Waals surface area contributed by atoms with E-state index < -0.39 is 17.5 Å². The van der Waals surface area contributed by atoms with Gasteiger partial charge in [0, 0.05) is 23.7 Å². The lowest BCUT2D eigenvalue weighted by Gasteiger charge is -2.65. The van der Waals surface area contributed by atoms with Crippen molar-refractivity contribution in [2.24, 2.45) is 33.5 Å². The minimum absolute atomic E-state index is 0.0124. The Morgan fingerprint density at radius 2 is 1.90 bits per heavy atom. The van der Waals surface area contributed by atoms with Crippen molar-refractivity contribution in [2.45, 2.75) is 72.8 Å². The van der Waals surface area contributed by atoms with Crippen LogP contribution in [0.2, 0.25) is 0 Å². The fraction of sp³-hybridized carbons (Fsp3) is 0.720. The Hall–Kier alpha value is -1.75. The van der Waals surface area contributed by atoms with E-state index in [1.807, 2.05) is 13.0 Å². The van der Waals surface area contributed by atoms with Gasteiger partial charge in [0.05, 0.1) is 6.10 Å². The molecule has 164 valence electrons. The van der Waals surface area contributed by atoms with Crippen molar-refractivity contribution in [3.63, 3.8) is 0 Å². The van der Waals surface area contributed by atoms with Crippen LogP contribution in [0, 0.1) is 33.5 Å². The van der Waals surface area contributed by atoms with Crippen molar-refractivity contribution in [3.8, 4) is 0 Å². The molecule has 0 radical (unpaired) electrons. The molecule has 0 spiro atoms. The standard InChI is InChI=1S/C25H34O5/c1-15(26)30-14-20(29)24(4)11-8-19-23(3)9-6-16-12-17(27)7-10-22(16,2)21(23)18(28)13-25(19,24)5/h7,10,12,18-19,21,28H,6,8-9,11,13-14H2,1-5H3/t18-,19?,21?,22-,23-,24+,25-/m0/s1. The normalized spacial score (nSPS) is 47.1. The SMILES string of the molecule is CC(=O)OCC(=O)[C@@]1(C)CCC2[C@]3(C)CCC4=CC(=O)C=C[C@]4(C)C3[C@@H](O)C[C@@]21C. The molecule has 0 aromatic heterocycles. The minimum atomic E-state index is -0.628. The fourth-order valence-corrected chi connectivity index (χ4v) is 8.04. The van der Waals surface area contributed by atoms with E-state index >= 15 is 0 Å². The van der Waals surface area contributed by atoms with Gasteiger partial charge in [0.2, 0.25) is 0 Å². The summed E-state index contributed by atoms with van der Waals surface area (Å²) in [6, 6.07) is 0. The molecule has 0 aromatic rings. The number of carbonyl (C=O) groups is 3. The molecule has 5 nitrogen and oxygen atoms in total. The van der Waals surface area contributed by atoms with Crippen LogP contribution < -0.4 is 0 Å². The summed E-state index contributed by atoms with van der Waals surface area (Å²) >= 11 is 0. The molecule has 1 N–H and O–H groups in total. The third kappa shape index (κ3) is 2.66. The summed E-state index contributed by atoms with van der Waals surface area (Å²) in [6.07, 6.45) is 8.83. The molecule has 30 heavy (non-hydrogen) atoms. The van der Waals surface area contributed by atoms with Gasteiger partial charge in [-0.1, -0.05) is 39.3 Å². The number of carbonyl (C=O) groups excluding carboxylic acids is 3. The lowest BCUT2D eigenvalue weighted by Crippen LogP contribution is -2.63. The zero-order valence-electron chi connectivity index (χ0n) is 18.8. The summed E-state index contributed by atoms with van der Waals surface area (Å²) in [5.41, 5.74) is -0.324. The van der Waals surface area contributed by atoms with E-state index in [0.29, 0.717) is 6.42 Å². The lowest BCUT2D eigenvalue weighted by molar-refractivity contribution is -0.183. The number of hydrogen-bond donors (Lipinski definition) is 1. The number of rotatable bonds is 3. The van der Waals surface area contributed by atoms with Crippen molar-refractivity contribution in [3.05, 3.63) is 23.8 Å². The van der Waals surface area contributed by atoms with Gasteiger partial charge in [0.15, 0.2) is 18.2 Å². The molecule has 0 aliphatic heterocycles. The highest BCUT2D eigenvalue weighted by Crippen LogP contribution is 2.73. The fourth-order valence-electron chi connectivity index (χ4n) is 8.04. The summed E-state index contributed by atoms with van der Waals surface area (Å²) in [7, 11) is 0. The maximum atomic E-state index is 13.2. The Morgan fingerprint density at radius 3 is 2.57 bits per heavy atom. The minimum Gasteiger partial charge on any atom is -0.458 e. The Balaban J connectivity index is 1.72. The van der Waals surface area contributed by atoms with Gasteiger partial charge in [-0.2, -0.15) is 0 Å². The number of aliphatic hydroxyl groups excluding tert-OH is 1. The van der Waals surface area contributed by atoms with Gasteiger partial charge < -0.3 is 9.84 Å². The van der Waals surface area contributed by atoms with Crippen molar-refractivity contribution < 1.29 is 24.2 Å². The van der Waals surface area contributed by atoms with Gasteiger partial charge in [0.1, 0.15) is 0 Å². The van der Waals surface area contributed by atoms with E-state index in [-0.39, 0.29) is 46.3 Å². The monoisotopic (exact) mass is 414 g/mol. The quantitative estimate of drug-likeness (QED) is 0.711. The summed E-state index contributed by atoms with van der Waals surface area (Å²) in [6.45, 7) is 9.74. The van der Waals surface area contributed by atoms with Gasteiger partial charge in [-0.3, -0.25) is 14.4 Å². The van der Waals surface area contributed by atoms with E-state index in [2.05, 4.69) is 20.8 Å². The average molecular weight is 415 g/mol. The lowest BCUT2D eigenvalue weighted by atomic mass is 9.39. The smallest absolute Gasteiger partial charge is 0.303 e. The number of ketones is 2. The van der Waals surface area contributed by atoms with Gasteiger partial charge in [-0.15, -0.1) is 0 Å². The summed E-state index contributed by atoms with van der Waals surface area (Å²) in [5.74, 6) is -0.152. The second-order valence-electron chi connectivity index (χ2n) is 11.0. The summed E-state index contributed by atoms with van der Waals surface area (Å²) in [5, 5.41) is 11.5. The largest absolute Gasteiger partial charge is 0.458 e. The first-order chi connectivity index (χ1) is 13.9. The number of aliphatic hydroxyl groups is 1. The van der Waals surface area contributed by atoms with Crippen LogP contribution in [-0.2, 0) is 19.1 Å². The molecule has 7 atom stereocenters. The van der Waals surface area contributed by atoms with Crippen molar-refractivity contribution >= 4 is 17.5 Å². The van der Waals surface area contributed by atoms with Crippen molar-refractivity contribution in [1.82, 2.24) is 0 Å². The highest BCUT2D eigenvalue weighted by atomic mass is 16.5. The predicted octanol–water partition coefficient (Wildman–Crippen LogP) is 3.79. The second kappa shape index (κ2) is 6.62. The zero-order valence-corrected chi connectivity index (χ0v) is 18.8. The molecule has 2 unspecified atom stereocenters. The van der Waals surface area contributed by atoms with Gasteiger partial charge in [0.25, 0.3) is 0 Å². The number of Topliss-reactive ketones (excluding diaryl/α,β-unsaturated/α-hetero) is 1. The van der Waals surface area contributed by atoms with E-state index in [4.69, 9.17) is 4.74 Å². The molecule has 0 saturated heterocycles. The highest BCUT2D eigenvalue weighted by molar-refractivity contribution is 6.01. The topological polar surface area (TPSA) is 80.7 Å². The first-order valence-electron chi connectivity index (χ1n) is 11.2. The third-order valence-corrected chi connectivity index (χ3v) is 9.69. The molecule has 5 heteroatoms. The molecule has 4 aliphatic rings. The van der Waals surface area contributed by atoms with Crippen LogP contribution in [0.25, 0.3) is 0 Å². The van der Waals surface area contributed by atoms with E-state index in [0.717, 1.165) is 31.3 Å². The zero-order chi connectivity index (χ0) is 22.1. The molecule has 3 fully saturated rings.